The number of esters is 2. The Morgan fingerprint density at radius 1 is 0.591 bits per heavy atom. The van der Waals surface area contributed by atoms with E-state index in [1.807, 2.05) is 55.4 Å². The van der Waals surface area contributed by atoms with Crippen LogP contribution in [0.5, 0.6) is 0 Å². The van der Waals surface area contributed by atoms with Gasteiger partial charge in [0.2, 0.25) is 0 Å². The second-order valence-electron chi connectivity index (χ2n) is 15.2. The second-order valence-corrected chi connectivity index (χ2v) is 15.2. The van der Waals surface area contributed by atoms with Crippen LogP contribution in [0.2, 0.25) is 0 Å². The quantitative estimate of drug-likeness (QED) is 0.218. The largest absolute Gasteiger partial charge is 0.457 e. The van der Waals surface area contributed by atoms with Crippen molar-refractivity contribution in [2.75, 3.05) is 40.0 Å². The Bertz CT molecular complexity index is 987. The van der Waals surface area contributed by atoms with Gasteiger partial charge in [0, 0.05) is 0 Å². The highest BCUT2D eigenvalue weighted by atomic mass is 16.7. The highest BCUT2D eigenvalue weighted by molar-refractivity contribution is 5.80. The van der Waals surface area contributed by atoms with Gasteiger partial charge in [-0.05, 0) is 75.2 Å². The molecule has 0 radical (unpaired) electrons. The van der Waals surface area contributed by atoms with Crippen LogP contribution in [0.25, 0.3) is 0 Å². The third kappa shape index (κ3) is 8.70. The van der Waals surface area contributed by atoms with E-state index in [-0.39, 0.29) is 68.8 Å². The molecule has 9 unspecified atom stereocenters. The molecule has 4 heterocycles. The molecule has 0 aromatic carbocycles. The average molecular weight is 631 g/mol. The first-order valence-electron chi connectivity index (χ1n) is 15.8. The van der Waals surface area contributed by atoms with Crippen LogP contribution in [-0.4, -0.2) is 112 Å². The molecule has 44 heavy (non-hydrogen) atoms. The minimum Gasteiger partial charge on any atom is -0.457 e. The van der Waals surface area contributed by atoms with E-state index < -0.39 is 47.2 Å². The summed E-state index contributed by atoms with van der Waals surface area (Å²) >= 11 is 0. The molecule has 0 N–H and O–H groups in total. The van der Waals surface area contributed by atoms with Crippen molar-refractivity contribution in [3.8, 4) is 0 Å². The Morgan fingerprint density at radius 3 is 1.34 bits per heavy atom. The van der Waals surface area contributed by atoms with E-state index >= 15 is 0 Å². The first-order valence-corrected chi connectivity index (χ1v) is 15.8. The maximum absolute atomic E-state index is 13.6. The van der Waals surface area contributed by atoms with E-state index in [9.17, 15) is 9.59 Å². The minimum atomic E-state index is -0.985. The number of hydrogen-bond acceptors (Lipinski definition) is 12. The molecule has 12 heteroatoms. The van der Waals surface area contributed by atoms with Gasteiger partial charge in [0.1, 0.15) is 50.2 Å². The lowest BCUT2D eigenvalue weighted by atomic mass is 9.72. The van der Waals surface area contributed by atoms with Crippen LogP contribution in [0, 0.1) is 10.8 Å². The van der Waals surface area contributed by atoms with Gasteiger partial charge >= 0.3 is 11.9 Å². The number of rotatable bonds is 13. The van der Waals surface area contributed by atoms with Gasteiger partial charge in [-0.2, -0.15) is 0 Å². The highest BCUT2D eigenvalue weighted by Gasteiger charge is 2.54. The van der Waals surface area contributed by atoms with Gasteiger partial charge in [-0.1, -0.05) is 6.92 Å². The zero-order chi connectivity index (χ0) is 32.5. The van der Waals surface area contributed by atoms with Crippen molar-refractivity contribution in [2.24, 2.45) is 10.8 Å². The van der Waals surface area contributed by atoms with Crippen molar-refractivity contribution >= 4 is 11.9 Å². The Kier molecular flexibility index (Phi) is 11.1. The lowest BCUT2D eigenvalue weighted by molar-refractivity contribution is -0.174. The van der Waals surface area contributed by atoms with Crippen LogP contribution in [0.3, 0.4) is 0 Å². The lowest BCUT2D eigenvalue weighted by Crippen LogP contribution is -2.44. The zero-order valence-electron chi connectivity index (χ0n) is 28.2. The molecule has 0 aliphatic carbocycles. The molecule has 9 atom stereocenters. The molecule has 254 valence electrons. The van der Waals surface area contributed by atoms with Crippen molar-refractivity contribution in [3.05, 3.63) is 0 Å². The standard InChI is InChI=1S/C32H54O12/c1-11-32(10,28(34)44-22-15-38-24-20(13-36-26(22)24)40-18-42-30(5,6)7)16-31(8,9)27(33)43-21-14-37-23-19(12-35-25(21)23)39-17-41-29(2,3)4/h19-26H,11-18H2,1-10H3. The summed E-state index contributed by atoms with van der Waals surface area (Å²) in [4.78, 5) is 27.0. The number of fused-ring (bicyclic) bond motifs is 2. The normalized spacial score (nSPS) is 33.6. The molecule has 0 amide bonds. The maximum Gasteiger partial charge on any atom is 0.312 e. The summed E-state index contributed by atoms with van der Waals surface area (Å²) in [5.41, 5.74) is -2.58. The lowest BCUT2D eigenvalue weighted by Gasteiger charge is -2.35. The number of carbonyl (C=O) groups excluding carboxylic acids is 2. The minimum absolute atomic E-state index is 0.120. The van der Waals surface area contributed by atoms with E-state index in [1.54, 1.807) is 13.8 Å². The van der Waals surface area contributed by atoms with Crippen molar-refractivity contribution in [3.63, 3.8) is 0 Å². The fourth-order valence-electron chi connectivity index (χ4n) is 5.91. The van der Waals surface area contributed by atoms with Gasteiger partial charge in [0.25, 0.3) is 0 Å². The topological polar surface area (TPSA) is 126 Å². The van der Waals surface area contributed by atoms with E-state index in [1.165, 1.54) is 0 Å². The third-order valence-corrected chi connectivity index (χ3v) is 8.65. The van der Waals surface area contributed by atoms with Crippen LogP contribution < -0.4 is 0 Å². The summed E-state index contributed by atoms with van der Waals surface area (Å²) in [6.45, 7) is 20.3. The van der Waals surface area contributed by atoms with Crippen LogP contribution >= 0.6 is 0 Å². The molecule has 0 bridgehead atoms. The van der Waals surface area contributed by atoms with Crippen LogP contribution in [0.15, 0.2) is 0 Å². The first kappa shape index (κ1) is 35.5. The Balaban J connectivity index is 1.27. The SMILES string of the molecule is CCC(C)(CC(C)(C)C(=O)OC1COC2C(OCOC(C)(C)C)COC12)C(=O)OC1COC2C(OCOC(C)(C)C)COC12. The molecule has 4 rings (SSSR count). The van der Waals surface area contributed by atoms with Gasteiger partial charge < -0.3 is 47.4 Å². The fraction of sp³-hybridized carbons (Fsp3) is 0.938. The van der Waals surface area contributed by atoms with E-state index in [4.69, 9.17) is 47.4 Å². The summed E-state index contributed by atoms with van der Waals surface area (Å²) in [5.74, 6) is -0.830. The molecule has 4 fully saturated rings. The van der Waals surface area contributed by atoms with Crippen LogP contribution in [0.1, 0.15) is 82.1 Å². The van der Waals surface area contributed by atoms with E-state index in [0.717, 1.165) is 0 Å². The Morgan fingerprint density at radius 2 is 0.955 bits per heavy atom. The summed E-state index contributed by atoms with van der Waals surface area (Å²) in [7, 11) is 0. The third-order valence-electron chi connectivity index (χ3n) is 8.65. The first-order chi connectivity index (χ1) is 20.4. The molecular weight excluding hydrogens is 576 g/mol. The van der Waals surface area contributed by atoms with Gasteiger partial charge in [-0.25, -0.2) is 0 Å². The molecule has 0 spiro atoms. The predicted molar refractivity (Wildman–Crippen MR) is 157 cm³/mol. The van der Waals surface area contributed by atoms with Crippen LogP contribution in [-0.2, 0) is 57.0 Å². The summed E-state index contributed by atoms with van der Waals surface area (Å²) < 4.78 is 58.6. The van der Waals surface area contributed by atoms with Crippen LogP contribution in [0.4, 0.5) is 0 Å². The number of hydrogen-bond donors (Lipinski definition) is 0. The van der Waals surface area contributed by atoms with E-state index in [2.05, 4.69) is 0 Å². The average Bonchev–Trinajstić information content (AvgIpc) is 3.68. The van der Waals surface area contributed by atoms with Gasteiger partial charge in [0.15, 0.2) is 12.2 Å². The summed E-state index contributed by atoms with van der Waals surface area (Å²) in [6, 6.07) is 0. The predicted octanol–water partition coefficient (Wildman–Crippen LogP) is 3.55. The molecule has 12 nitrogen and oxygen atoms in total. The Labute approximate surface area is 261 Å². The zero-order valence-corrected chi connectivity index (χ0v) is 28.2. The van der Waals surface area contributed by atoms with Crippen molar-refractivity contribution in [1.29, 1.82) is 0 Å². The molecule has 4 saturated heterocycles. The van der Waals surface area contributed by atoms with Crippen molar-refractivity contribution in [2.45, 2.75) is 142 Å². The fourth-order valence-corrected chi connectivity index (χ4v) is 5.91. The van der Waals surface area contributed by atoms with E-state index in [0.29, 0.717) is 19.6 Å². The second kappa shape index (κ2) is 13.8. The highest BCUT2D eigenvalue weighted by Crippen LogP contribution is 2.41. The van der Waals surface area contributed by atoms with Gasteiger partial charge in [-0.15, -0.1) is 0 Å². The molecule has 0 aromatic heterocycles. The molecule has 0 aromatic rings. The number of carbonyl (C=O) groups is 2. The van der Waals surface area contributed by atoms with Gasteiger partial charge in [0.05, 0.1) is 48.5 Å². The summed E-state index contributed by atoms with van der Waals surface area (Å²) in [5, 5.41) is 0. The number of ether oxygens (including phenoxy) is 10. The smallest absolute Gasteiger partial charge is 0.312 e. The molecule has 4 aliphatic rings. The summed E-state index contributed by atoms with van der Waals surface area (Å²) in [6.07, 6.45) is -2.59. The molecular formula is C32H54O12. The monoisotopic (exact) mass is 630 g/mol. The van der Waals surface area contributed by atoms with Gasteiger partial charge in [-0.3, -0.25) is 9.59 Å². The van der Waals surface area contributed by atoms with Crippen molar-refractivity contribution in [1.82, 2.24) is 0 Å². The maximum atomic E-state index is 13.6. The molecule has 0 saturated carbocycles. The molecule has 4 aliphatic heterocycles. The van der Waals surface area contributed by atoms with Crippen molar-refractivity contribution < 1.29 is 57.0 Å². The Hall–Kier alpha value is -1.38.